The number of halogens is 3. The van der Waals surface area contributed by atoms with Crippen LogP contribution < -0.4 is 0 Å². The average molecular weight is 303 g/mol. The van der Waals surface area contributed by atoms with Crippen molar-refractivity contribution in [3.05, 3.63) is 29.6 Å². The lowest BCUT2D eigenvalue weighted by molar-refractivity contribution is -0.150. The maximum Gasteiger partial charge on any atom is 0.416 e. The molecule has 0 aromatic carbocycles. The molecule has 2 rings (SSSR count). The van der Waals surface area contributed by atoms with Gasteiger partial charge in [0.25, 0.3) is 0 Å². The number of esters is 1. The lowest BCUT2D eigenvalue weighted by Crippen LogP contribution is -2.28. The quantitative estimate of drug-likeness (QED) is 0.804. The summed E-state index contributed by atoms with van der Waals surface area (Å²) in [7, 11) is 0. The summed E-state index contributed by atoms with van der Waals surface area (Å²) in [6.07, 6.45) is -1.96. The molecule has 21 heavy (non-hydrogen) atoms. The number of carbonyl (C=O) groups is 1. The van der Waals surface area contributed by atoms with Crippen LogP contribution in [0.15, 0.2) is 18.3 Å². The zero-order valence-electron chi connectivity index (χ0n) is 11.5. The number of pyridine rings is 1. The third kappa shape index (κ3) is 4.42. The van der Waals surface area contributed by atoms with Crippen LogP contribution in [0.1, 0.15) is 43.5 Å². The second kappa shape index (κ2) is 6.43. The van der Waals surface area contributed by atoms with Gasteiger partial charge in [-0.1, -0.05) is 0 Å². The summed E-state index contributed by atoms with van der Waals surface area (Å²) >= 11 is 0. The molecule has 116 valence electrons. The van der Waals surface area contributed by atoms with Crippen LogP contribution in [0.2, 0.25) is 0 Å². The molecular formula is C14H16F3NO3. The second-order valence-electron chi connectivity index (χ2n) is 4.95. The van der Waals surface area contributed by atoms with E-state index in [9.17, 15) is 18.0 Å². The maximum atomic E-state index is 12.7. The Morgan fingerprint density at radius 3 is 2.90 bits per heavy atom. The van der Waals surface area contributed by atoms with Gasteiger partial charge in [0, 0.05) is 13.1 Å². The van der Waals surface area contributed by atoms with Crippen molar-refractivity contribution in [2.24, 2.45) is 0 Å². The van der Waals surface area contributed by atoms with E-state index < -0.39 is 23.8 Å². The van der Waals surface area contributed by atoms with E-state index in [1.54, 1.807) is 0 Å². The molecule has 0 spiro atoms. The Balaban J connectivity index is 2.05. The fraction of sp³-hybridized carbons (Fsp3) is 0.571. The van der Waals surface area contributed by atoms with E-state index in [4.69, 9.17) is 9.47 Å². The summed E-state index contributed by atoms with van der Waals surface area (Å²) in [5.41, 5.74) is -0.476. The van der Waals surface area contributed by atoms with Gasteiger partial charge in [-0.2, -0.15) is 13.2 Å². The highest BCUT2D eigenvalue weighted by Gasteiger charge is 2.32. The van der Waals surface area contributed by atoms with Gasteiger partial charge in [0.05, 0.1) is 23.5 Å². The molecule has 0 amide bonds. The molecular weight excluding hydrogens is 287 g/mol. The van der Waals surface area contributed by atoms with E-state index in [-0.39, 0.29) is 18.4 Å². The molecule has 0 radical (unpaired) electrons. The van der Waals surface area contributed by atoms with Crippen LogP contribution in [0.3, 0.4) is 0 Å². The van der Waals surface area contributed by atoms with E-state index in [1.807, 2.05) is 0 Å². The monoisotopic (exact) mass is 303 g/mol. The van der Waals surface area contributed by atoms with Crippen molar-refractivity contribution >= 4 is 5.97 Å². The first kappa shape index (κ1) is 15.8. The Kier molecular flexibility index (Phi) is 4.82. The fourth-order valence-corrected chi connectivity index (χ4v) is 2.25. The highest BCUT2D eigenvalue weighted by molar-refractivity contribution is 5.65. The van der Waals surface area contributed by atoms with Crippen molar-refractivity contribution in [2.75, 3.05) is 6.61 Å². The summed E-state index contributed by atoms with van der Waals surface area (Å²) in [5, 5.41) is 0. The van der Waals surface area contributed by atoms with Gasteiger partial charge in [-0.25, -0.2) is 0 Å². The summed E-state index contributed by atoms with van der Waals surface area (Å²) in [4.78, 5) is 14.8. The van der Waals surface area contributed by atoms with Gasteiger partial charge in [0.15, 0.2) is 0 Å². The lowest BCUT2D eigenvalue weighted by atomic mass is 10.0. The molecule has 1 aliphatic rings. The number of carbonyl (C=O) groups excluding carboxylic acids is 1. The third-order valence-electron chi connectivity index (χ3n) is 3.26. The number of aromatic nitrogens is 1. The summed E-state index contributed by atoms with van der Waals surface area (Å²) in [6.45, 7) is 1.42. The number of alkyl halides is 3. The second-order valence-corrected chi connectivity index (χ2v) is 4.95. The smallest absolute Gasteiger partial charge is 0.416 e. The molecule has 4 nitrogen and oxygen atoms in total. The number of hydrogen-bond acceptors (Lipinski definition) is 4. The van der Waals surface area contributed by atoms with Crippen LogP contribution in [-0.2, 0) is 20.4 Å². The normalized spacial score (nSPS) is 22.9. The first-order valence-electron chi connectivity index (χ1n) is 6.68. The van der Waals surface area contributed by atoms with Gasteiger partial charge >= 0.3 is 12.1 Å². The molecule has 1 aromatic rings. The van der Waals surface area contributed by atoms with Crippen molar-refractivity contribution in [2.45, 2.75) is 44.6 Å². The molecule has 2 atom stereocenters. The summed E-state index contributed by atoms with van der Waals surface area (Å²) in [5.74, 6) is -0.405. The van der Waals surface area contributed by atoms with Gasteiger partial charge < -0.3 is 9.47 Å². The van der Waals surface area contributed by atoms with Gasteiger partial charge in [-0.05, 0) is 31.4 Å². The highest BCUT2D eigenvalue weighted by Crippen LogP contribution is 2.34. The lowest BCUT2D eigenvalue weighted by Gasteiger charge is -2.29. The molecule has 2 heterocycles. The minimum atomic E-state index is -4.40. The van der Waals surface area contributed by atoms with Gasteiger partial charge in [0.2, 0.25) is 0 Å². The van der Waals surface area contributed by atoms with Gasteiger partial charge in [-0.3, -0.25) is 9.78 Å². The molecule has 0 saturated carbocycles. The number of nitrogens with zero attached hydrogens (tertiary/aromatic N) is 1. The SMILES string of the molecule is CC(=O)OC[C@H]1CCC[C@H](c2cc(C(F)(F)F)ccn2)O1. The summed E-state index contributed by atoms with van der Waals surface area (Å²) in [6, 6.07) is 1.95. The van der Waals surface area contributed by atoms with Gasteiger partial charge in [0.1, 0.15) is 6.61 Å². The van der Waals surface area contributed by atoms with Crippen molar-refractivity contribution in [3.63, 3.8) is 0 Å². The molecule has 0 unspecified atom stereocenters. The van der Waals surface area contributed by atoms with Crippen LogP contribution in [0, 0.1) is 0 Å². The fourth-order valence-electron chi connectivity index (χ4n) is 2.25. The Hall–Kier alpha value is -1.63. The molecule has 1 aliphatic heterocycles. The third-order valence-corrected chi connectivity index (χ3v) is 3.26. The van der Waals surface area contributed by atoms with Crippen LogP contribution >= 0.6 is 0 Å². The van der Waals surface area contributed by atoms with E-state index in [2.05, 4.69) is 4.98 Å². The van der Waals surface area contributed by atoms with Crippen molar-refractivity contribution in [1.82, 2.24) is 4.98 Å². The van der Waals surface area contributed by atoms with E-state index in [0.717, 1.165) is 24.8 Å². The first-order chi connectivity index (χ1) is 9.86. The molecule has 1 fully saturated rings. The predicted molar refractivity (Wildman–Crippen MR) is 67.3 cm³/mol. The standard InChI is InChI=1S/C14H16F3NO3/c1-9(19)20-8-11-3-2-4-13(21-11)12-7-10(5-6-18-12)14(15,16)17/h5-7,11,13H,2-4,8H2,1H3/t11-,13-/m1/s1. The topological polar surface area (TPSA) is 48.4 Å². The largest absolute Gasteiger partial charge is 0.463 e. The van der Waals surface area contributed by atoms with Crippen LogP contribution in [0.25, 0.3) is 0 Å². The molecule has 0 N–H and O–H groups in total. The van der Waals surface area contributed by atoms with E-state index in [0.29, 0.717) is 12.8 Å². The summed E-state index contributed by atoms with van der Waals surface area (Å²) < 4.78 is 48.6. The van der Waals surface area contributed by atoms with Crippen LogP contribution in [0.4, 0.5) is 13.2 Å². The molecule has 1 saturated heterocycles. The number of hydrogen-bond donors (Lipinski definition) is 0. The molecule has 7 heteroatoms. The number of rotatable bonds is 3. The first-order valence-corrected chi connectivity index (χ1v) is 6.68. The Morgan fingerprint density at radius 1 is 1.48 bits per heavy atom. The minimum absolute atomic E-state index is 0.116. The van der Waals surface area contributed by atoms with Crippen molar-refractivity contribution < 1.29 is 27.4 Å². The van der Waals surface area contributed by atoms with Crippen molar-refractivity contribution in [3.8, 4) is 0 Å². The minimum Gasteiger partial charge on any atom is -0.463 e. The number of ether oxygens (including phenoxy) is 2. The molecule has 1 aromatic heterocycles. The van der Waals surface area contributed by atoms with E-state index in [1.165, 1.54) is 6.92 Å². The van der Waals surface area contributed by atoms with Crippen LogP contribution in [-0.4, -0.2) is 23.7 Å². The zero-order valence-corrected chi connectivity index (χ0v) is 11.5. The van der Waals surface area contributed by atoms with Crippen LogP contribution in [0.5, 0.6) is 0 Å². The Bertz CT molecular complexity index is 504. The highest BCUT2D eigenvalue weighted by atomic mass is 19.4. The van der Waals surface area contributed by atoms with E-state index >= 15 is 0 Å². The Morgan fingerprint density at radius 2 is 2.24 bits per heavy atom. The van der Waals surface area contributed by atoms with Crippen molar-refractivity contribution in [1.29, 1.82) is 0 Å². The maximum absolute atomic E-state index is 12.7. The predicted octanol–water partition coefficient (Wildman–Crippen LogP) is 3.27. The Labute approximate surface area is 120 Å². The zero-order chi connectivity index (χ0) is 15.5. The molecule has 0 bridgehead atoms. The molecule has 0 aliphatic carbocycles. The van der Waals surface area contributed by atoms with Gasteiger partial charge in [-0.15, -0.1) is 0 Å². The average Bonchev–Trinajstić information content (AvgIpc) is 2.45.